The molecular weight excluding hydrogens is 341 g/mol. The molecule has 1 aromatic rings. The number of nitrogens with one attached hydrogen (secondary N) is 1. The van der Waals surface area contributed by atoms with Crippen LogP contribution in [0.1, 0.15) is 31.2 Å². The lowest BCUT2D eigenvalue weighted by Crippen LogP contribution is -2.45. The molecule has 1 spiro atoms. The van der Waals surface area contributed by atoms with Crippen molar-refractivity contribution in [3.05, 3.63) is 29.6 Å². The molecule has 7 nitrogen and oxygen atoms in total. The van der Waals surface area contributed by atoms with E-state index in [0.29, 0.717) is 18.4 Å². The van der Waals surface area contributed by atoms with Gasteiger partial charge in [-0.1, -0.05) is 18.9 Å². The Morgan fingerprint density at radius 3 is 2.65 bits per heavy atom. The van der Waals surface area contributed by atoms with Crippen LogP contribution in [0.5, 0.6) is 5.75 Å². The highest BCUT2D eigenvalue weighted by Gasteiger charge is 2.52. The Hall–Kier alpha value is -2.64. The number of urea groups is 1. The van der Waals surface area contributed by atoms with E-state index in [1.54, 1.807) is 13.1 Å². The normalized spacial score (nSPS) is 18.3. The minimum absolute atomic E-state index is 0.129. The lowest BCUT2D eigenvalue weighted by Gasteiger charge is -2.22. The van der Waals surface area contributed by atoms with Crippen LogP contribution in [-0.4, -0.2) is 53.9 Å². The molecule has 0 atom stereocenters. The van der Waals surface area contributed by atoms with Crippen molar-refractivity contribution in [2.24, 2.45) is 0 Å². The summed E-state index contributed by atoms with van der Waals surface area (Å²) in [4.78, 5) is 39.5. The Bertz CT molecular complexity index is 746. The fourth-order valence-corrected chi connectivity index (χ4v) is 3.56. The first-order chi connectivity index (χ1) is 12.4. The molecule has 1 saturated heterocycles. The van der Waals surface area contributed by atoms with Gasteiger partial charge in [0.1, 0.15) is 12.1 Å². The smallest absolute Gasteiger partial charge is 0.325 e. The topological polar surface area (TPSA) is 79.0 Å². The van der Waals surface area contributed by atoms with Crippen molar-refractivity contribution in [3.8, 4) is 5.75 Å². The summed E-state index contributed by atoms with van der Waals surface area (Å²) >= 11 is 0. The zero-order valence-corrected chi connectivity index (χ0v) is 14.9. The molecule has 0 unspecified atom stereocenters. The largest absolute Gasteiger partial charge is 0.494 e. The van der Waals surface area contributed by atoms with E-state index in [9.17, 15) is 18.8 Å². The Morgan fingerprint density at radius 2 is 2.04 bits per heavy atom. The highest BCUT2D eigenvalue weighted by Crippen LogP contribution is 2.35. The number of nitrogens with zero attached hydrogens (tertiary/aromatic N) is 2. The molecule has 0 radical (unpaired) electrons. The standard InChI is InChI=1S/C18H22FN3O4/c1-21(10-12-5-6-14(26-2)13(19)9-12)15(23)11-22-16(24)18(20-17(22)25)7-3-4-8-18/h5-6,9H,3-4,7-8,10-11H2,1-2H3,(H,20,25). The number of ether oxygens (including phenoxy) is 1. The third-order valence-electron chi connectivity index (χ3n) is 5.06. The number of amides is 4. The fraction of sp³-hybridized carbons (Fsp3) is 0.500. The van der Waals surface area contributed by atoms with E-state index in [2.05, 4.69) is 5.32 Å². The molecule has 0 bridgehead atoms. The van der Waals surface area contributed by atoms with Gasteiger partial charge in [0.25, 0.3) is 5.91 Å². The second kappa shape index (κ2) is 6.93. The van der Waals surface area contributed by atoms with Gasteiger partial charge >= 0.3 is 6.03 Å². The number of rotatable bonds is 5. The number of carbonyl (C=O) groups excluding carboxylic acids is 3. The van der Waals surface area contributed by atoms with Crippen molar-refractivity contribution in [3.63, 3.8) is 0 Å². The van der Waals surface area contributed by atoms with Crippen molar-refractivity contribution in [2.45, 2.75) is 37.8 Å². The van der Waals surface area contributed by atoms with Gasteiger partial charge in [-0.25, -0.2) is 9.18 Å². The number of methoxy groups -OCH3 is 1. The molecule has 3 rings (SSSR count). The molecule has 1 aliphatic heterocycles. The summed E-state index contributed by atoms with van der Waals surface area (Å²) in [6.07, 6.45) is 3.00. The average molecular weight is 363 g/mol. The highest BCUT2D eigenvalue weighted by molar-refractivity contribution is 6.09. The third kappa shape index (κ3) is 3.23. The summed E-state index contributed by atoms with van der Waals surface area (Å²) in [6, 6.07) is 3.93. The molecule has 4 amide bonds. The van der Waals surface area contributed by atoms with Crippen molar-refractivity contribution in [1.82, 2.24) is 15.1 Å². The highest BCUT2D eigenvalue weighted by atomic mass is 19.1. The van der Waals surface area contributed by atoms with E-state index in [4.69, 9.17) is 4.74 Å². The van der Waals surface area contributed by atoms with Crippen LogP contribution in [0.3, 0.4) is 0 Å². The van der Waals surface area contributed by atoms with Crippen molar-refractivity contribution >= 4 is 17.8 Å². The van der Waals surface area contributed by atoms with Gasteiger partial charge in [0, 0.05) is 13.6 Å². The van der Waals surface area contributed by atoms with Gasteiger partial charge in [-0.3, -0.25) is 14.5 Å². The Kier molecular flexibility index (Phi) is 4.84. The van der Waals surface area contributed by atoms with Gasteiger partial charge in [0.15, 0.2) is 11.6 Å². The van der Waals surface area contributed by atoms with Crippen molar-refractivity contribution in [1.29, 1.82) is 0 Å². The molecule has 2 fully saturated rings. The molecule has 8 heteroatoms. The van der Waals surface area contributed by atoms with Crippen LogP contribution >= 0.6 is 0 Å². The monoisotopic (exact) mass is 363 g/mol. The van der Waals surface area contributed by atoms with Gasteiger partial charge in [-0.2, -0.15) is 0 Å². The fourth-order valence-electron chi connectivity index (χ4n) is 3.56. The predicted molar refractivity (Wildman–Crippen MR) is 90.9 cm³/mol. The number of carbonyl (C=O) groups is 3. The summed E-state index contributed by atoms with van der Waals surface area (Å²) in [6.45, 7) is -0.157. The van der Waals surface area contributed by atoms with Gasteiger partial charge in [0.05, 0.1) is 7.11 Å². The molecule has 26 heavy (non-hydrogen) atoms. The minimum atomic E-state index is -0.824. The van der Waals surface area contributed by atoms with Crippen LogP contribution < -0.4 is 10.1 Å². The summed E-state index contributed by atoms with van der Waals surface area (Å²) in [5.74, 6) is -1.09. The first-order valence-corrected chi connectivity index (χ1v) is 8.57. The number of benzene rings is 1. The molecule has 1 aliphatic carbocycles. The number of halogens is 1. The zero-order valence-electron chi connectivity index (χ0n) is 14.9. The van der Waals surface area contributed by atoms with Crippen LogP contribution in [0.2, 0.25) is 0 Å². The zero-order chi connectivity index (χ0) is 18.9. The maximum atomic E-state index is 13.8. The Morgan fingerprint density at radius 1 is 1.35 bits per heavy atom. The van der Waals surface area contributed by atoms with E-state index in [0.717, 1.165) is 17.7 Å². The summed E-state index contributed by atoms with van der Waals surface area (Å²) < 4.78 is 18.6. The number of hydrogen-bond acceptors (Lipinski definition) is 4. The molecule has 1 heterocycles. The van der Waals surface area contributed by atoms with E-state index in [-0.39, 0.29) is 30.7 Å². The second-order valence-corrected chi connectivity index (χ2v) is 6.83. The number of imide groups is 1. The van der Waals surface area contributed by atoms with E-state index < -0.39 is 17.4 Å². The molecule has 2 aliphatic rings. The number of hydrogen-bond donors (Lipinski definition) is 1. The van der Waals surface area contributed by atoms with Crippen molar-refractivity contribution < 1.29 is 23.5 Å². The van der Waals surface area contributed by atoms with Crippen LogP contribution in [-0.2, 0) is 16.1 Å². The second-order valence-electron chi connectivity index (χ2n) is 6.83. The molecule has 1 N–H and O–H groups in total. The number of likely N-dealkylation sites (N-methyl/N-ethyl adjacent to an activating group) is 1. The Balaban J connectivity index is 1.63. The Labute approximate surface area is 151 Å². The molecule has 1 saturated carbocycles. The molecular formula is C18H22FN3O4. The van der Waals surface area contributed by atoms with Crippen LogP contribution in [0.4, 0.5) is 9.18 Å². The maximum absolute atomic E-state index is 13.8. The summed E-state index contributed by atoms with van der Waals surface area (Å²) in [5.41, 5.74) is -0.238. The third-order valence-corrected chi connectivity index (χ3v) is 5.06. The lowest BCUT2D eigenvalue weighted by atomic mass is 9.98. The lowest BCUT2D eigenvalue weighted by molar-refractivity contribution is -0.138. The van der Waals surface area contributed by atoms with Gasteiger partial charge in [-0.15, -0.1) is 0 Å². The molecule has 0 aromatic heterocycles. The van der Waals surface area contributed by atoms with E-state index >= 15 is 0 Å². The van der Waals surface area contributed by atoms with Crippen LogP contribution in [0, 0.1) is 5.82 Å². The predicted octanol–water partition coefficient (Wildman–Crippen LogP) is 1.66. The van der Waals surface area contributed by atoms with Gasteiger partial charge in [-0.05, 0) is 30.5 Å². The first kappa shape index (κ1) is 18.2. The summed E-state index contributed by atoms with van der Waals surface area (Å²) in [7, 11) is 2.93. The van der Waals surface area contributed by atoms with Crippen LogP contribution in [0.15, 0.2) is 18.2 Å². The molecule has 140 valence electrons. The van der Waals surface area contributed by atoms with E-state index in [1.807, 2.05) is 0 Å². The average Bonchev–Trinajstić information content (AvgIpc) is 3.16. The molecule has 1 aromatic carbocycles. The maximum Gasteiger partial charge on any atom is 0.325 e. The van der Waals surface area contributed by atoms with Gasteiger partial charge in [0.2, 0.25) is 5.91 Å². The van der Waals surface area contributed by atoms with E-state index in [1.165, 1.54) is 24.1 Å². The van der Waals surface area contributed by atoms with Crippen LogP contribution in [0.25, 0.3) is 0 Å². The quantitative estimate of drug-likeness (QED) is 0.807. The summed E-state index contributed by atoms with van der Waals surface area (Å²) in [5, 5.41) is 2.75. The van der Waals surface area contributed by atoms with Gasteiger partial charge < -0.3 is 15.0 Å². The van der Waals surface area contributed by atoms with Crippen molar-refractivity contribution in [2.75, 3.05) is 20.7 Å². The minimum Gasteiger partial charge on any atom is -0.494 e. The SMILES string of the molecule is COc1ccc(CN(C)C(=O)CN2C(=O)NC3(CCCC3)C2=O)cc1F. The first-order valence-electron chi connectivity index (χ1n) is 8.57.